The molecule has 1 aromatic rings. The SMILES string of the molecule is CN(CCO)CC1CN(C(=O)c2c(F)cccc2Cl)CC1CO. The van der Waals surface area contributed by atoms with Crippen LogP contribution in [0.5, 0.6) is 0 Å². The zero-order valence-electron chi connectivity index (χ0n) is 13.1. The highest BCUT2D eigenvalue weighted by molar-refractivity contribution is 6.33. The summed E-state index contributed by atoms with van der Waals surface area (Å²) >= 11 is 5.96. The van der Waals surface area contributed by atoms with Crippen molar-refractivity contribution in [2.45, 2.75) is 0 Å². The fourth-order valence-corrected chi connectivity index (χ4v) is 3.28. The summed E-state index contributed by atoms with van der Waals surface area (Å²) in [5.41, 5.74) is -0.116. The number of nitrogens with zero attached hydrogens (tertiary/aromatic N) is 2. The minimum Gasteiger partial charge on any atom is -0.396 e. The average Bonchev–Trinajstić information content (AvgIpc) is 2.90. The van der Waals surface area contributed by atoms with Crippen LogP contribution in [0.1, 0.15) is 10.4 Å². The molecule has 1 heterocycles. The van der Waals surface area contributed by atoms with Gasteiger partial charge in [0.15, 0.2) is 0 Å². The van der Waals surface area contributed by atoms with Crippen molar-refractivity contribution in [1.82, 2.24) is 9.80 Å². The fourth-order valence-electron chi connectivity index (χ4n) is 3.04. The zero-order chi connectivity index (χ0) is 17.0. The molecule has 128 valence electrons. The van der Waals surface area contributed by atoms with E-state index in [0.717, 1.165) is 0 Å². The number of likely N-dealkylation sites (tertiary alicyclic amines) is 1. The maximum absolute atomic E-state index is 13.9. The van der Waals surface area contributed by atoms with E-state index >= 15 is 0 Å². The maximum Gasteiger partial charge on any atom is 0.258 e. The number of benzene rings is 1. The lowest BCUT2D eigenvalue weighted by molar-refractivity contribution is 0.0774. The second-order valence-corrected chi connectivity index (χ2v) is 6.40. The Bertz CT molecular complexity index is 538. The first kappa shape index (κ1) is 18.1. The van der Waals surface area contributed by atoms with Crippen LogP contribution < -0.4 is 0 Å². The van der Waals surface area contributed by atoms with Crippen molar-refractivity contribution in [2.75, 3.05) is 46.4 Å². The Balaban J connectivity index is 2.11. The van der Waals surface area contributed by atoms with Gasteiger partial charge in [0.05, 0.1) is 17.2 Å². The van der Waals surface area contributed by atoms with Crippen molar-refractivity contribution in [2.24, 2.45) is 11.8 Å². The van der Waals surface area contributed by atoms with Crippen LogP contribution in [0.4, 0.5) is 4.39 Å². The fraction of sp³-hybridized carbons (Fsp3) is 0.562. The van der Waals surface area contributed by atoms with E-state index in [4.69, 9.17) is 16.7 Å². The van der Waals surface area contributed by atoms with Crippen molar-refractivity contribution < 1.29 is 19.4 Å². The van der Waals surface area contributed by atoms with Gasteiger partial charge in [0.2, 0.25) is 0 Å². The van der Waals surface area contributed by atoms with Gasteiger partial charge in [0, 0.05) is 38.7 Å². The van der Waals surface area contributed by atoms with Gasteiger partial charge in [0.25, 0.3) is 5.91 Å². The Kier molecular flexibility index (Phi) is 6.35. The molecule has 0 radical (unpaired) electrons. The van der Waals surface area contributed by atoms with Crippen LogP contribution >= 0.6 is 11.6 Å². The normalized spacial score (nSPS) is 21.2. The highest BCUT2D eigenvalue weighted by Gasteiger charge is 2.36. The first-order valence-corrected chi connectivity index (χ1v) is 7.99. The van der Waals surface area contributed by atoms with Gasteiger partial charge in [-0.3, -0.25) is 4.79 Å². The lowest BCUT2D eigenvalue weighted by Gasteiger charge is -2.23. The van der Waals surface area contributed by atoms with E-state index in [1.54, 1.807) is 4.90 Å². The van der Waals surface area contributed by atoms with Gasteiger partial charge in [-0.2, -0.15) is 0 Å². The summed E-state index contributed by atoms with van der Waals surface area (Å²) in [6, 6.07) is 4.16. The molecule has 0 aliphatic carbocycles. The Labute approximate surface area is 140 Å². The molecule has 23 heavy (non-hydrogen) atoms. The van der Waals surface area contributed by atoms with Crippen LogP contribution in [0.2, 0.25) is 5.02 Å². The molecule has 5 nitrogen and oxygen atoms in total. The summed E-state index contributed by atoms with van der Waals surface area (Å²) in [6.45, 7) is 2.01. The summed E-state index contributed by atoms with van der Waals surface area (Å²) in [4.78, 5) is 16.1. The molecule has 0 saturated carbocycles. The molecule has 2 atom stereocenters. The monoisotopic (exact) mass is 344 g/mol. The van der Waals surface area contributed by atoms with Gasteiger partial charge in [-0.1, -0.05) is 17.7 Å². The second kappa shape index (κ2) is 8.06. The number of carbonyl (C=O) groups excluding carboxylic acids is 1. The van der Waals surface area contributed by atoms with Crippen LogP contribution in [0.3, 0.4) is 0 Å². The Morgan fingerprint density at radius 2 is 2.09 bits per heavy atom. The molecule has 1 saturated heterocycles. The molecule has 2 rings (SSSR count). The number of aliphatic hydroxyl groups excluding tert-OH is 2. The highest BCUT2D eigenvalue weighted by Crippen LogP contribution is 2.28. The summed E-state index contributed by atoms with van der Waals surface area (Å²) in [5.74, 6) is -1.07. The van der Waals surface area contributed by atoms with E-state index in [2.05, 4.69) is 0 Å². The summed E-state index contributed by atoms with van der Waals surface area (Å²) in [6.07, 6.45) is 0. The van der Waals surface area contributed by atoms with E-state index in [-0.39, 0.29) is 35.6 Å². The number of likely N-dealkylation sites (N-methyl/N-ethyl adjacent to an activating group) is 1. The standard InChI is InChI=1S/C16H22ClFN2O3/c1-19(5-6-21)7-11-8-20(9-12(11)10-22)16(23)15-13(17)3-2-4-14(15)18/h2-4,11-12,21-22H,5-10H2,1H3. The summed E-state index contributed by atoms with van der Waals surface area (Å²) in [7, 11) is 1.88. The Hall–Kier alpha value is -1.21. The third-order valence-corrected chi connectivity index (χ3v) is 4.62. The van der Waals surface area contributed by atoms with E-state index < -0.39 is 11.7 Å². The predicted octanol–water partition coefficient (Wildman–Crippen LogP) is 1.08. The number of rotatable bonds is 6. The molecular formula is C16H22ClFN2O3. The molecule has 0 bridgehead atoms. The number of aliphatic hydroxyl groups is 2. The number of hydrogen-bond acceptors (Lipinski definition) is 4. The first-order valence-electron chi connectivity index (χ1n) is 7.61. The van der Waals surface area contributed by atoms with Crippen LogP contribution in [-0.4, -0.2) is 72.4 Å². The van der Waals surface area contributed by atoms with Crippen molar-refractivity contribution >= 4 is 17.5 Å². The molecule has 2 N–H and O–H groups in total. The average molecular weight is 345 g/mol. The van der Waals surface area contributed by atoms with Crippen molar-refractivity contribution in [3.63, 3.8) is 0 Å². The summed E-state index contributed by atoms with van der Waals surface area (Å²) in [5, 5.41) is 18.6. The minimum absolute atomic E-state index is 0.0353. The van der Waals surface area contributed by atoms with Gasteiger partial charge in [-0.25, -0.2) is 4.39 Å². The predicted molar refractivity (Wildman–Crippen MR) is 86.0 cm³/mol. The molecule has 1 aliphatic heterocycles. The second-order valence-electron chi connectivity index (χ2n) is 6.00. The van der Waals surface area contributed by atoms with Gasteiger partial charge in [-0.15, -0.1) is 0 Å². The zero-order valence-corrected chi connectivity index (χ0v) is 13.8. The number of carbonyl (C=O) groups is 1. The molecule has 1 fully saturated rings. The largest absolute Gasteiger partial charge is 0.396 e. The van der Waals surface area contributed by atoms with Crippen LogP contribution in [0.25, 0.3) is 0 Å². The van der Waals surface area contributed by atoms with Crippen molar-refractivity contribution in [3.05, 3.63) is 34.6 Å². The number of hydrogen-bond donors (Lipinski definition) is 2. The van der Waals surface area contributed by atoms with Gasteiger partial charge < -0.3 is 20.0 Å². The Morgan fingerprint density at radius 1 is 1.39 bits per heavy atom. The third kappa shape index (κ3) is 4.20. The topological polar surface area (TPSA) is 64.0 Å². The molecule has 1 amide bonds. The highest BCUT2D eigenvalue weighted by atomic mass is 35.5. The quantitative estimate of drug-likeness (QED) is 0.810. The minimum atomic E-state index is -0.635. The molecule has 1 aliphatic rings. The van der Waals surface area contributed by atoms with Crippen LogP contribution in [0, 0.1) is 17.7 Å². The van der Waals surface area contributed by atoms with E-state index in [1.807, 2.05) is 11.9 Å². The molecule has 0 spiro atoms. The lowest BCUT2D eigenvalue weighted by atomic mass is 9.96. The third-order valence-electron chi connectivity index (χ3n) is 4.30. The maximum atomic E-state index is 13.9. The first-order chi connectivity index (χ1) is 11.0. The smallest absolute Gasteiger partial charge is 0.258 e. The van der Waals surface area contributed by atoms with Gasteiger partial charge >= 0.3 is 0 Å². The Morgan fingerprint density at radius 3 is 2.70 bits per heavy atom. The molecule has 7 heteroatoms. The lowest BCUT2D eigenvalue weighted by Crippen LogP contribution is -2.33. The van der Waals surface area contributed by atoms with E-state index in [1.165, 1.54) is 18.2 Å². The van der Waals surface area contributed by atoms with Crippen LogP contribution in [0.15, 0.2) is 18.2 Å². The molecular weight excluding hydrogens is 323 g/mol. The number of halogens is 2. The van der Waals surface area contributed by atoms with Gasteiger partial charge in [0.1, 0.15) is 5.82 Å². The number of amides is 1. The molecule has 0 aromatic heterocycles. The van der Waals surface area contributed by atoms with Crippen LogP contribution in [-0.2, 0) is 0 Å². The molecule has 2 unspecified atom stereocenters. The van der Waals surface area contributed by atoms with Gasteiger partial charge in [-0.05, 0) is 25.1 Å². The van der Waals surface area contributed by atoms with E-state index in [9.17, 15) is 14.3 Å². The van der Waals surface area contributed by atoms with E-state index in [0.29, 0.717) is 26.2 Å². The van der Waals surface area contributed by atoms with Crippen molar-refractivity contribution in [1.29, 1.82) is 0 Å². The summed E-state index contributed by atoms with van der Waals surface area (Å²) < 4.78 is 13.9. The molecule has 1 aromatic carbocycles. The van der Waals surface area contributed by atoms with Crippen molar-refractivity contribution in [3.8, 4) is 0 Å².